The second-order valence-electron chi connectivity index (χ2n) is 3.89. The topological polar surface area (TPSA) is 35.5 Å². The second-order valence-corrected chi connectivity index (χ2v) is 3.89. The predicted octanol–water partition coefficient (Wildman–Crippen LogP) is 1.23. The Morgan fingerprint density at radius 3 is 2.55 bits per heavy atom. The fourth-order valence-electron chi connectivity index (χ4n) is 1.69. The number of ether oxygens (including phenoxy) is 1. The zero-order chi connectivity index (χ0) is 8.48. The van der Waals surface area contributed by atoms with Crippen molar-refractivity contribution in [3.05, 3.63) is 5.21 Å². The average molecular weight is 158 g/mol. The van der Waals surface area contributed by atoms with Crippen LogP contribution >= 0.6 is 0 Å². The molecule has 0 amide bonds. The van der Waals surface area contributed by atoms with E-state index in [1.54, 1.807) is 7.05 Å². The zero-order valence-corrected chi connectivity index (χ0v) is 7.46. The summed E-state index contributed by atoms with van der Waals surface area (Å²) in [5, 5.41) is 12.1. The van der Waals surface area contributed by atoms with Gasteiger partial charge in [0.25, 0.3) is 0 Å². The number of nitrogens with zero attached hydrogens (tertiary/aromatic N) is 1. The molecule has 0 bridgehead atoms. The molecule has 1 aliphatic rings. The molecular formula is C8H16NO2-. The molecule has 0 spiro atoms. The Labute approximate surface area is 67.9 Å². The van der Waals surface area contributed by atoms with Gasteiger partial charge in [-0.2, -0.15) is 0 Å². The largest absolute Gasteiger partial charge is 0.785 e. The zero-order valence-electron chi connectivity index (χ0n) is 7.46. The summed E-state index contributed by atoms with van der Waals surface area (Å²) < 4.78 is 5.30. The van der Waals surface area contributed by atoms with Crippen LogP contribution in [0.3, 0.4) is 0 Å². The molecule has 0 aromatic heterocycles. The third-order valence-electron chi connectivity index (χ3n) is 2.35. The van der Waals surface area contributed by atoms with Gasteiger partial charge >= 0.3 is 0 Å². The molecule has 0 N–H and O–H groups in total. The number of hydroxylamine groups is 2. The van der Waals surface area contributed by atoms with Crippen molar-refractivity contribution in [2.75, 3.05) is 20.3 Å². The molecule has 1 saturated heterocycles. The van der Waals surface area contributed by atoms with Crippen molar-refractivity contribution in [3.8, 4) is 0 Å². The molecule has 0 saturated carbocycles. The SMILES string of the molecule is CN([O-])C1CCOCC1(C)C. The summed E-state index contributed by atoms with van der Waals surface area (Å²) in [4.78, 5) is 0. The van der Waals surface area contributed by atoms with Crippen LogP contribution in [-0.4, -0.2) is 31.4 Å². The molecule has 3 nitrogen and oxygen atoms in total. The first-order chi connectivity index (χ1) is 5.04. The molecular weight excluding hydrogens is 142 g/mol. The summed E-state index contributed by atoms with van der Waals surface area (Å²) in [6, 6.07) is 0.122. The van der Waals surface area contributed by atoms with Gasteiger partial charge in [0.2, 0.25) is 0 Å². The maximum absolute atomic E-state index is 11.1. The molecule has 0 aromatic rings. The maximum Gasteiger partial charge on any atom is 0.0531 e. The Hall–Kier alpha value is -0.120. The van der Waals surface area contributed by atoms with Crippen molar-refractivity contribution in [2.45, 2.75) is 26.3 Å². The fraction of sp³-hybridized carbons (Fsp3) is 1.00. The number of rotatable bonds is 1. The van der Waals surface area contributed by atoms with E-state index >= 15 is 0 Å². The van der Waals surface area contributed by atoms with E-state index in [0.29, 0.717) is 6.61 Å². The Morgan fingerprint density at radius 2 is 2.18 bits per heavy atom. The summed E-state index contributed by atoms with van der Waals surface area (Å²) in [5.74, 6) is 0. The molecule has 3 heteroatoms. The van der Waals surface area contributed by atoms with E-state index < -0.39 is 0 Å². The van der Waals surface area contributed by atoms with Crippen LogP contribution in [0, 0.1) is 10.6 Å². The summed E-state index contributed by atoms with van der Waals surface area (Å²) in [7, 11) is 1.59. The minimum atomic E-state index is 0.00868. The lowest BCUT2D eigenvalue weighted by molar-refractivity contribution is -0.0383. The van der Waals surface area contributed by atoms with Crippen LogP contribution in [0.2, 0.25) is 0 Å². The van der Waals surface area contributed by atoms with E-state index in [-0.39, 0.29) is 11.5 Å². The molecule has 0 aromatic carbocycles. The molecule has 0 radical (unpaired) electrons. The van der Waals surface area contributed by atoms with Crippen LogP contribution in [0.1, 0.15) is 20.3 Å². The highest BCUT2D eigenvalue weighted by Gasteiger charge is 2.32. The summed E-state index contributed by atoms with van der Waals surface area (Å²) >= 11 is 0. The van der Waals surface area contributed by atoms with Gasteiger partial charge in [-0.15, -0.1) is 0 Å². The Kier molecular flexibility index (Phi) is 2.52. The molecule has 66 valence electrons. The van der Waals surface area contributed by atoms with Gasteiger partial charge in [-0.3, -0.25) is 0 Å². The minimum absolute atomic E-state index is 0.00868. The minimum Gasteiger partial charge on any atom is -0.785 e. The number of hydrogen-bond donors (Lipinski definition) is 0. The monoisotopic (exact) mass is 158 g/mol. The van der Waals surface area contributed by atoms with Crippen molar-refractivity contribution < 1.29 is 4.74 Å². The van der Waals surface area contributed by atoms with E-state index in [1.165, 1.54) is 0 Å². The van der Waals surface area contributed by atoms with Gasteiger partial charge in [0, 0.05) is 18.1 Å². The van der Waals surface area contributed by atoms with E-state index in [1.807, 2.05) is 0 Å². The average Bonchev–Trinajstić information content (AvgIpc) is 1.85. The third-order valence-corrected chi connectivity index (χ3v) is 2.35. The quantitative estimate of drug-likeness (QED) is 0.538. The Balaban J connectivity index is 2.60. The van der Waals surface area contributed by atoms with Crippen molar-refractivity contribution in [1.29, 1.82) is 0 Å². The van der Waals surface area contributed by atoms with Gasteiger partial charge < -0.3 is 15.0 Å². The predicted molar refractivity (Wildman–Crippen MR) is 44.1 cm³/mol. The van der Waals surface area contributed by atoms with E-state index in [0.717, 1.165) is 18.1 Å². The normalized spacial score (nSPS) is 30.8. The molecule has 1 atom stereocenters. The van der Waals surface area contributed by atoms with Gasteiger partial charge in [-0.05, 0) is 13.5 Å². The Bertz CT molecular complexity index is 134. The number of hydrogen-bond acceptors (Lipinski definition) is 3. The van der Waals surface area contributed by atoms with E-state index in [2.05, 4.69) is 13.8 Å². The molecule has 1 fully saturated rings. The summed E-state index contributed by atoms with van der Waals surface area (Å²) in [6.45, 7) is 5.57. The van der Waals surface area contributed by atoms with Crippen LogP contribution in [-0.2, 0) is 4.74 Å². The highest BCUT2D eigenvalue weighted by molar-refractivity contribution is 4.87. The van der Waals surface area contributed by atoms with Crippen LogP contribution in [0.5, 0.6) is 0 Å². The van der Waals surface area contributed by atoms with Gasteiger partial charge in [0.15, 0.2) is 0 Å². The lowest BCUT2D eigenvalue weighted by Crippen LogP contribution is -2.47. The van der Waals surface area contributed by atoms with Gasteiger partial charge in [0.1, 0.15) is 0 Å². The van der Waals surface area contributed by atoms with Gasteiger partial charge in [0.05, 0.1) is 6.61 Å². The van der Waals surface area contributed by atoms with Crippen LogP contribution in [0.25, 0.3) is 0 Å². The standard InChI is InChI=1S/C8H16NO2/c1-8(2)6-11-5-4-7(8)9(3)10/h7H,4-6H2,1-3H3/q-1. The molecule has 1 aliphatic heterocycles. The molecule has 0 aliphatic carbocycles. The van der Waals surface area contributed by atoms with Crippen LogP contribution in [0.4, 0.5) is 0 Å². The highest BCUT2D eigenvalue weighted by Crippen LogP contribution is 2.30. The summed E-state index contributed by atoms with van der Waals surface area (Å²) in [6.07, 6.45) is 0.854. The lowest BCUT2D eigenvalue weighted by Gasteiger charge is -2.46. The molecule has 1 heterocycles. The first kappa shape index (κ1) is 8.97. The Morgan fingerprint density at radius 1 is 1.55 bits per heavy atom. The molecule has 11 heavy (non-hydrogen) atoms. The first-order valence-corrected chi connectivity index (χ1v) is 4.02. The van der Waals surface area contributed by atoms with Crippen molar-refractivity contribution >= 4 is 0 Å². The van der Waals surface area contributed by atoms with Crippen LogP contribution < -0.4 is 0 Å². The van der Waals surface area contributed by atoms with E-state index in [4.69, 9.17) is 4.74 Å². The second kappa shape index (κ2) is 3.09. The van der Waals surface area contributed by atoms with E-state index in [9.17, 15) is 5.21 Å². The first-order valence-electron chi connectivity index (χ1n) is 4.02. The third kappa shape index (κ3) is 1.92. The smallest absolute Gasteiger partial charge is 0.0531 e. The summed E-state index contributed by atoms with van der Waals surface area (Å²) in [5.41, 5.74) is 0.00868. The lowest BCUT2D eigenvalue weighted by atomic mass is 9.82. The molecule has 1 unspecified atom stereocenters. The molecule has 1 rings (SSSR count). The highest BCUT2D eigenvalue weighted by atomic mass is 16.5. The maximum atomic E-state index is 11.1. The van der Waals surface area contributed by atoms with Crippen LogP contribution in [0.15, 0.2) is 0 Å². The van der Waals surface area contributed by atoms with Gasteiger partial charge in [-0.1, -0.05) is 13.8 Å². The fourth-order valence-corrected chi connectivity index (χ4v) is 1.69. The van der Waals surface area contributed by atoms with Crippen molar-refractivity contribution in [3.63, 3.8) is 0 Å². The van der Waals surface area contributed by atoms with Crippen molar-refractivity contribution in [1.82, 2.24) is 5.06 Å². The van der Waals surface area contributed by atoms with Crippen molar-refractivity contribution in [2.24, 2.45) is 5.41 Å². The van der Waals surface area contributed by atoms with Gasteiger partial charge in [-0.25, -0.2) is 0 Å².